The number of benzene rings is 3. The number of nitrogens with one attached hydrogen (secondary N) is 1. The molecule has 0 unspecified atom stereocenters. The molecule has 0 bridgehead atoms. The van der Waals surface area contributed by atoms with E-state index in [1.54, 1.807) is 6.92 Å². The van der Waals surface area contributed by atoms with Gasteiger partial charge in [-0.05, 0) is 40.7 Å². The minimum absolute atomic E-state index is 0.00423. The van der Waals surface area contributed by atoms with E-state index in [9.17, 15) is 24.3 Å². The van der Waals surface area contributed by atoms with Gasteiger partial charge in [0, 0.05) is 50.4 Å². The summed E-state index contributed by atoms with van der Waals surface area (Å²) in [6.45, 7) is 10.0. The average Bonchev–Trinajstić information content (AvgIpc) is 3.81. The Labute approximate surface area is 327 Å². The summed E-state index contributed by atoms with van der Waals surface area (Å²) < 4.78 is 26.6. The summed E-state index contributed by atoms with van der Waals surface area (Å²) in [7, 11) is -3.02. The van der Waals surface area contributed by atoms with Gasteiger partial charge in [0.15, 0.2) is 0 Å². The van der Waals surface area contributed by atoms with E-state index in [2.05, 4.69) is 54.9 Å². The van der Waals surface area contributed by atoms with Gasteiger partial charge in [-0.15, -0.1) is 0 Å². The lowest BCUT2D eigenvalue weighted by Crippen LogP contribution is -2.67. The molecular weight excluding hydrogens is 733 g/mol. The summed E-state index contributed by atoms with van der Waals surface area (Å²) in [6.07, 6.45) is -1.20. The third-order valence-corrected chi connectivity index (χ3v) is 15.7. The minimum Gasteiger partial charge on any atom is -0.465 e. The Bertz CT molecular complexity index is 2000. The summed E-state index contributed by atoms with van der Waals surface area (Å²) in [5.74, 6) is 0. The number of aromatic amines is 1. The van der Waals surface area contributed by atoms with E-state index in [0.29, 0.717) is 31.7 Å². The predicted molar refractivity (Wildman–Crippen MR) is 214 cm³/mol. The minimum atomic E-state index is -3.02. The molecule has 0 aliphatic carbocycles. The van der Waals surface area contributed by atoms with Crippen molar-refractivity contribution in [2.75, 3.05) is 32.8 Å². The SMILES string of the molecule is Cc1cn([C@H]2C[C@H](OC(=O)OCCN(Cc3ccccc3)C[C@@H]3CCCN3C(=O)O)[C@@H](CO[Si](c3ccccc3)(c3ccccc3)C(C)(C)C)O2)c(=O)[nH]c1=O. The van der Waals surface area contributed by atoms with Crippen molar-refractivity contribution in [2.24, 2.45) is 0 Å². The van der Waals surface area contributed by atoms with Crippen molar-refractivity contribution in [3.63, 3.8) is 0 Å². The number of carboxylic acid groups (broad SMARTS) is 1. The molecule has 298 valence electrons. The topological polar surface area (TPSA) is 153 Å². The Balaban J connectivity index is 1.20. The number of ether oxygens (including phenoxy) is 3. The number of hydrogen-bond acceptors (Lipinski definition) is 9. The molecule has 4 atom stereocenters. The first-order valence-electron chi connectivity index (χ1n) is 19.2. The zero-order valence-corrected chi connectivity index (χ0v) is 33.5. The molecule has 56 heavy (non-hydrogen) atoms. The summed E-state index contributed by atoms with van der Waals surface area (Å²) in [6, 6.07) is 30.0. The van der Waals surface area contributed by atoms with Crippen molar-refractivity contribution in [3.8, 4) is 0 Å². The second-order valence-electron chi connectivity index (χ2n) is 15.6. The van der Waals surface area contributed by atoms with Gasteiger partial charge in [0.25, 0.3) is 13.9 Å². The van der Waals surface area contributed by atoms with Crippen LogP contribution in [-0.2, 0) is 25.2 Å². The number of carbonyl (C=O) groups is 2. The molecule has 3 heterocycles. The van der Waals surface area contributed by atoms with Crippen molar-refractivity contribution in [2.45, 2.75) is 83.0 Å². The van der Waals surface area contributed by atoms with Crippen LogP contribution in [0.25, 0.3) is 0 Å². The zero-order chi connectivity index (χ0) is 39.9. The molecule has 2 N–H and O–H groups in total. The van der Waals surface area contributed by atoms with Gasteiger partial charge >= 0.3 is 17.9 Å². The van der Waals surface area contributed by atoms with E-state index in [1.807, 2.05) is 66.7 Å². The molecule has 1 aromatic heterocycles. The average molecular weight is 785 g/mol. The second kappa shape index (κ2) is 17.8. The lowest BCUT2D eigenvalue weighted by atomic mass is 10.1. The Hall–Kier alpha value is -5.02. The van der Waals surface area contributed by atoms with E-state index >= 15 is 0 Å². The van der Waals surface area contributed by atoms with Gasteiger partial charge in [-0.1, -0.05) is 112 Å². The highest BCUT2D eigenvalue weighted by Crippen LogP contribution is 2.38. The van der Waals surface area contributed by atoms with Crippen LogP contribution >= 0.6 is 0 Å². The first kappa shape index (κ1) is 40.6. The normalized spacial score (nSPS) is 20.0. The van der Waals surface area contributed by atoms with Crippen LogP contribution in [0.5, 0.6) is 0 Å². The fourth-order valence-electron chi connectivity index (χ4n) is 7.98. The number of aromatic nitrogens is 2. The number of likely N-dealkylation sites (tertiary alicyclic amines) is 1. The van der Waals surface area contributed by atoms with Crippen molar-refractivity contribution in [1.82, 2.24) is 19.4 Å². The molecule has 2 aliphatic rings. The molecule has 0 saturated carbocycles. The molecule has 1 amide bonds. The van der Waals surface area contributed by atoms with Crippen molar-refractivity contribution in [3.05, 3.63) is 129 Å². The summed E-state index contributed by atoms with van der Waals surface area (Å²) >= 11 is 0. The maximum atomic E-state index is 13.4. The van der Waals surface area contributed by atoms with Crippen LogP contribution in [0.3, 0.4) is 0 Å². The summed E-state index contributed by atoms with van der Waals surface area (Å²) in [5.41, 5.74) is 0.265. The molecule has 13 nitrogen and oxygen atoms in total. The molecule has 6 rings (SSSR count). The summed E-state index contributed by atoms with van der Waals surface area (Å²) in [5, 5.41) is 11.5. The number of rotatable bonds is 14. The van der Waals surface area contributed by atoms with Crippen LogP contribution in [0.2, 0.25) is 5.04 Å². The number of aryl methyl sites for hydroxylation is 1. The zero-order valence-electron chi connectivity index (χ0n) is 32.5. The van der Waals surface area contributed by atoms with Crippen LogP contribution in [0.1, 0.15) is 57.4 Å². The molecular formula is C42H52N4O9Si. The van der Waals surface area contributed by atoms with Crippen molar-refractivity contribution >= 4 is 30.9 Å². The Morgan fingerprint density at radius 2 is 1.59 bits per heavy atom. The Morgan fingerprint density at radius 1 is 0.964 bits per heavy atom. The highest BCUT2D eigenvalue weighted by atomic mass is 28.4. The molecule has 2 saturated heterocycles. The maximum absolute atomic E-state index is 13.4. The van der Waals surface area contributed by atoms with E-state index in [1.165, 1.54) is 15.7 Å². The van der Waals surface area contributed by atoms with Crippen LogP contribution in [0.4, 0.5) is 9.59 Å². The standard InChI is InChI=1S/C42H52N4O9Si/c1-30-26-46(39(48)43-38(30)47)37-25-35(36(54-37)29-53-56(42(2,3)4,33-18-10-6-11-19-33)34-20-12-7-13-21-34)55-41(51)52-24-23-44(27-31-15-8-5-9-16-31)28-32-17-14-22-45(32)40(49)50/h5-13,15-16,18-21,26,32,35-37H,14,17,22-25,27-29H2,1-4H3,(H,49,50)(H,43,47,48)/t32-,35-,36+,37+/m0/s1. The van der Waals surface area contributed by atoms with Gasteiger partial charge in [0.05, 0.1) is 6.61 Å². The van der Waals surface area contributed by atoms with Crippen LogP contribution < -0.4 is 21.6 Å². The van der Waals surface area contributed by atoms with Crippen molar-refractivity contribution < 1.29 is 33.3 Å². The number of H-pyrrole nitrogens is 1. The number of carbonyl (C=O) groups excluding carboxylic acids is 1. The van der Waals surface area contributed by atoms with Gasteiger partial charge in [-0.25, -0.2) is 14.4 Å². The smallest absolute Gasteiger partial charge is 0.465 e. The maximum Gasteiger partial charge on any atom is 0.508 e. The van der Waals surface area contributed by atoms with Gasteiger partial charge in [-0.3, -0.25) is 19.2 Å². The summed E-state index contributed by atoms with van der Waals surface area (Å²) in [4.78, 5) is 56.4. The van der Waals surface area contributed by atoms with Crippen LogP contribution in [0, 0.1) is 6.92 Å². The highest BCUT2D eigenvalue weighted by molar-refractivity contribution is 6.99. The van der Waals surface area contributed by atoms with Gasteiger partial charge in [-0.2, -0.15) is 0 Å². The Morgan fingerprint density at radius 3 is 2.20 bits per heavy atom. The number of nitrogens with zero attached hydrogens (tertiary/aromatic N) is 3. The van der Waals surface area contributed by atoms with Crippen LogP contribution in [0.15, 0.2) is 107 Å². The Kier molecular flexibility index (Phi) is 12.9. The quantitative estimate of drug-likeness (QED) is 0.134. The first-order valence-corrected chi connectivity index (χ1v) is 21.1. The highest BCUT2D eigenvalue weighted by Gasteiger charge is 2.52. The first-order chi connectivity index (χ1) is 26.9. The molecule has 2 aliphatic heterocycles. The number of hydrogen-bond donors (Lipinski definition) is 2. The fourth-order valence-corrected chi connectivity index (χ4v) is 12.6. The van der Waals surface area contributed by atoms with E-state index in [-0.39, 0.29) is 30.7 Å². The molecule has 4 aromatic rings. The molecule has 2 fully saturated rings. The van der Waals surface area contributed by atoms with E-state index in [4.69, 9.17) is 18.6 Å². The largest absolute Gasteiger partial charge is 0.508 e. The van der Waals surface area contributed by atoms with Crippen LogP contribution in [-0.4, -0.2) is 96.1 Å². The molecule has 3 aromatic carbocycles. The molecule has 0 radical (unpaired) electrons. The third-order valence-electron chi connectivity index (χ3n) is 10.7. The number of amides is 1. The monoisotopic (exact) mass is 784 g/mol. The third kappa shape index (κ3) is 9.32. The second-order valence-corrected chi connectivity index (χ2v) is 19.9. The predicted octanol–water partition coefficient (Wildman–Crippen LogP) is 4.88. The van der Waals surface area contributed by atoms with Gasteiger partial charge in [0.2, 0.25) is 0 Å². The van der Waals surface area contributed by atoms with Gasteiger partial charge in [0.1, 0.15) is 25.0 Å². The van der Waals surface area contributed by atoms with Crippen molar-refractivity contribution in [1.29, 1.82) is 0 Å². The lowest BCUT2D eigenvalue weighted by Gasteiger charge is -2.43. The lowest BCUT2D eigenvalue weighted by molar-refractivity contribution is -0.0553. The van der Waals surface area contributed by atoms with E-state index < -0.39 is 50.3 Å². The fraction of sp³-hybridized carbons (Fsp3) is 0.429. The molecule has 0 spiro atoms. The van der Waals surface area contributed by atoms with E-state index in [0.717, 1.165) is 28.8 Å². The molecule has 14 heteroatoms. The van der Waals surface area contributed by atoms with Gasteiger partial charge < -0.3 is 28.6 Å².